The summed E-state index contributed by atoms with van der Waals surface area (Å²) in [6.45, 7) is 8.43. The van der Waals surface area contributed by atoms with Gasteiger partial charge in [-0.15, -0.1) is 0 Å². The van der Waals surface area contributed by atoms with Crippen LogP contribution in [0.3, 0.4) is 0 Å². The molecule has 1 aromatic carbocycles. The first-order valence-electron chi connectivity index (χ1n) is 6.92. The van der Waals surface area contributed by atoms with Gasteiger partial charge < -0.3 is 20.6 Å². The molecule has 0 bridgehead atoms. The van der Waals surface area contributed by atoms with E-state index in [0.717, 1.165) is 0 Å². The van der Waals surface area contributed by atoms with Crippen LogP contribution in [0.5, 0.6) is 5.75 Å². The van der Waals surface area contributed by atoms with Crippen molar-refractivity contribution < 1.29 is 20.1 Å². The number of carbonyl (C=O) groups excluding carboxylic acids is 1. The molecular formula is C16H25NO4. The molecule has 0 fully saturated rings. The number of nitrogens with one attached hydrogen (secondary N) is 1. The van der Waals surface area contributed by atoms with E-state index in [1.807, 2.05) is 20.8 Å². The first-order valence-corrected chi connectivity index (χ1v) is 6.92. The van der Waals surface area contributed by atoms with Crippen molar-refractivity contribution in [1.29, 1.82) is 0 Å². The van der Waals surface area contributed by atoms with Crippen molar-refractivity contribution >= 4 is 5.91 Å². The third kappa shape index (κ3) is 3.95. The van der Waals surface area contributed by atoms with E-state index in [2.05, 4.69) is 5.32 Å². The number of hydrogen-bond acceptors (Lipinski definition) is 4. The molecule has 0 unspecified atom stereocenters. The quantitative estimate of drug-likeness (QED) is 0.677. The van der Waals surface area contributed by atoms with Gasteiger partial charge in [-0.25, -0.2) is 0 Å². The van der Waals surface area contributed by atoms with E-state index in [0.29, 0.717) is 16.7 Å². The molecule has 21 heavy (non-hydrogen) atoms. The summed E-state index contributed by atoms with van der Waals surface area (Å²) in [7, 11) is 0. The van der Waals surface area contributed by atoms with Gasteiger partial charge in [0.05, 0.1) is 18.8 Å². The van der Waals surface area contributed by atoms with Gasteiger partial charge in [-0.05, 0) is 37.0 Å². The Hall–Kier alpha value is -1.59. The summed E-state index contributed by atoms with van der Waals surface area (Å²) in [4.78, 5) is 12.3. The predicted octanol–water partition coefficient (Wildman–Crippen LogP) is 1.47. The van der Waals surface area contributed by atoms with Gasteiger partial charge in [0, 0.05) is 11.1 Å². The lowest BCUT2D eigenvalue weighted by atomic mass is 9.84. The van der Waals surface area contributed by atoms with Crippen molar-refractivity contribution in [2.24, 2.45) is 0 Å². The van der Waals surface area contributed by atoms with Gasteiger partial charge in [0.25, 0.3) is 5.91 Å². The van der Waals surface area contributed by atoms with E-state index < -0.39 is 11.4 Å². The molecule has 0 aliphatic rings. The van der Waals surface area contributed by atoms with E-state index in [1.54, 1.807) is 26.0 Å². The molecule has 0 radical (unpaired) electrons. The lowest BCUT2D eigenvalue weighted by Crippen LogP contribution is -2.51. The lowest BCUT2D eigenvalue weighted by Gasteiger charge is -2.27. The Balaban J connectivity index is 3.21. The molecule has 0 atom stereocenters. The minimum atomic E-state index is -1.08. The summed E-state index contributed by atoms with van der Waals surface area (Å²) in [6.07, 6.45) is 0. The Morgan fingerprint density at radius 1 is 1.14 bits per heavy atom. The van der Waals surface area contributed by atoms with Gasteiger partial charge in [0.2, 0.25) is 0 Å². The first kappa shape index (κ1) is 17.5. The maximum absolute atomic E-state index is 12.3. The van der Waals surface area contributed by atoms with Crippen LogP contribution >= 0.6 is 0 Å². The number of hydrogen-bond donors (Lipinski definition) is 4. The maximum atomic E-state index is 12.3. The molecule has 0 aliphatic heterocycles. The third-order valence-electron chi connectivity index (χ3n) is 3.48. The molecule has 5 heteroatoms. The fraction of sp³-hybridized carbons (Fsp3) is 0.562. The Morgan fingerprint density at radius 2 is 1.67 bits per heavy atom. The Labute approximate surface area is 125 Å². The van der Waals surface area contributed by atoms with Crippen molar-refractivity contribution in [2.45, 2.75) is 45.6 Å². The van der Waals surface area contributed by atoms with Crippen LogP contribution in [0.4, 0.5) is 0 Å². The van der Waals surface area contributed by atoms with E-state index in [4.69, 9.17) is 0 Å². The first-order chi connectivity index (χ1) is 9.54. The number of aliphatic hydroxyl groups excluding tert-OH is 2. The van der Waals surface area contributed by atoms with Gasteiger partial charge in [0.1, 0.15) is 5.75 Å². The van der Waals surface area contributed by atoms with Crippen molar-refractivity contribution in [2.75, 3.05) is 13.2 Å². The van der Waals surface area contributed by atoms with E-state index in [1.165, 1.54) is 0 Å². The van der Waals surface area contributed by atoms with Crippen LogP contribution in [0, 0.1) is 6.92 Å². The number of rotatable bonds is 4. The predicted molar refractivity (Wildman–Crippen MR) is 81.6 cm³/mol. The van der Waals surface area contributed by atoms with Crippen molar-refractivity contribution in [3.8, 4) is 5.75 Å². The number of phenols is 1. The van der Waals surface area contributed by atoms with Crippen LogP contribution in [0.25, 0.3) is 0 Å². The number of aromatic hydroxyl groups is 1. The molecule has 118 valence electrons. The van der Waals surface area contributed by atoms with Crippen LogP contribution in [0.15, 0.2) is 12.1 Å². The smallest absolute Gasteiger partial charge is 0.251 e. The molecule has 5 nitrogen and oxygen atoms in total. The molecule has 0 saturated carbocycles. The summed E-state index contributed by atoms with van der Waals surface area (Å²) in [5, 5.41) is 31.3. The maximum Gasteiger partial charge on any atom is 0.251 e. The summed E-state index contributed by atoms with van der Waals surface area (Å²) >= 11 is 0. The number of phenolic OH excluding ortho intramolecular Hbond substituents is 1. The average Bonchev–Trinajstić information content (AvgIpc) is 2.40. The minimum absolute atomic E-state index is 0.186. The van der Waals surface area contributed by atoms with Gasteiger partial charge in [-0.2, -0.15) is 0 Å². The summed E-state index contributed by atoms with van der Waals surface area (Å²) < 4.78 is 0. The van der Waals surface area contributed by atoms with Gasteiger partial charge in [-0.3, -0.25) is 4.79 Å². The second-order valence-electron chi connectivity index (χ2n) is 6.77. The number of amides is 1. The zero-order valence-corrected chi connectivity index (χ0v) is 13.3. The highest BCUT2D eigenvalue weighted by molar-refractivity contribution is 5.95. The number of aliphatic hydroxyl groups is 2. The summed E-state index contributed by atoms with van der Waals surface area (Å²) in [6, 6.07) is 3.24. The highest BCUT2D eigenvalue weighted by Gasteiger charge is 2.27. The van der Waals surface area contributed by atoms with Crippen LogP contribution in [-0.4, -0.2) is 40.0 Å². The Bertz CT molecular complexity index is 528. The van der Waals surface area contributed by atoms with Crippen LogP contribution in [0.2, 0.25) is 0 Å². The standard InChI is InChI=1S/C16H25NO4/c1-10-6-11(7-12(13(10)20)15(2,3)4)14(21)17-16(5,8-18)9-19/h6-7,18-20H,8-9H2,1-5H3,(H,17,21). The molecule has 0 saturated heterocycles. The topological polar surface area (TPSA) is 89.8 Å². The molecule has 1 aromatic rings. The average molecular weight is 295 g/mol. The Morgan fingerprint density at radius 3 is 2.10 bits per heavy atom. The molecule has 1 rings (SSSR count). The van der Waals surface area contributed by atoms with Crippen molar-refractivity contribution in [3.05, 3.63) is 28.8 Å². The Kier molecular flexibility index (Phi) is 5.02. The monoisotopic (exact) mass is 295 g/mol. The molecule has 0 aromatic heterocycles. The second-order valence-corrected chi connectivity index (χ2v) is 6.77. The normalized spacial score (nSPS) is 12.3. The number of benzene rings is 1. The second kappa shape index (κ2) is 6.03. The molecule has 4 N–H and O–H groups in total. The number of aryl methyl sites for hydroxylation is 1. The van der Waals surface area contributed by atoms with Gasteiger partial charge in [0.15, 0.2) is 0 Å². The van der Waals surface area contributed by atoms with E-state index in [9.17, 15) is 20.1 Å². The SMILES string of the molecule is Cc1cc(C(=O)NC(C)(CO)CO)cc(C(C)(C)C)c1O. The fourth-order valence-electron chi connectivity index (χ4n) is 1.96. The van der Waals surface area contributed by atoms with Crippen molar-refractivity contribution in [3.63, 3.8) is 0 Å². The van der Waals surface area contributed by atoms with Gasteiger partial charge >= 0.3 is 0 Å². The zero-order valence-electron chi connectivity index (χ0n) is 13.3. The van der Waals surface area contributed by atoms with E-state index >= 15 is 0 Å². The van der Waals surface area contributed by atoms with E-state index in [-0.39, 0.29) is 24.4 Å². The van der Waals surface area contributed by atoms with Crippen molar-refractivity contribution in [1.82, 2.24) is 5.32 Å². The minimum Gasteiger partial charge on any atom is -0.507 e. The van der Waals surface area contributed by atoms with Crippen LogP contribution in [0.1, 0.15) is 49.2 Å². The molecule has 0 heterocycles. The largest absolute Gasteiger partial charge is 0.507 e. The fourth-order valence-corrected chi connectivity index (χ4v) is 1.96. The molecule has 0 aliphatic carbocycles. The summed E-state index contributed by atoms with van der Waals surface area (Å²) in [5.74, 6) is -0.208. The lowest BCUT2D eigenvalue weighted by molar-refractivity contribution is 0.0723. The molecule has 1 amide bonds. The summed E-state index contributed by atoms with van der Waals surface area (Å²) in [5.41, 5.74) is 0.306. The molecule has 0 spiro atoms. The van der Waals surface area contributed by atoms with Crippen LogP contribution < -0.4 is 5.32 Å². The van der Waals surface area contributed by atoms with Crippen LogP contribution in [-0.2, 0) is 5.41 Å². The number of carbonyl (C=O) groups is 1. The zero-order chi connectivity index (χ0) is 16.4. The highest BCUT2D eigenvalue weighted by atomic mass is 16.3. The third-order valence-corrected chi connectivity index (χ3v) is 3.48. The molecular weight excluding hydrogens is 270 g/mol. The highest BCUT2D eigenvalue weighted by Crippen LogP contribution is 2.34. The van der Waals surface area contributed by atoms with Gasteiger partial charge in [-0.1, -0.05) is 20.8 Å².